The van der Waals surface area contributed by atoms with Gasteiger partial charge in [0.15, 0.2) is 0 Å². The van der Waals surface area contributed by atoms with Gasteiger partial charge in [0, 0.05) is 36.9 Å². The summed E-state index contributed by atoms with van der Waals surface area (Å²) in [6.07, 6.45) is 0.121. The van der Waals surface area contributed by atoms with Gasteiger partial charge in [-0.15, -0.1) is 0 Å². The Hall–Kier alpha value is -2.40. The Morgan fingerprint density at radius 2 is 1.75 bits per heavy atom. The minimum atomic E-state index is -0.0887. The molecule has 1 atom stereocenters. The smallest absolute Gasteiger partial charge is 0.317 e. The van der Waals surface area contributed by atoms with E-state index in [0.717, 1.165) is 35.1 Å². The van der Waals surface area contributed by atoms with Crippen molar-refractivity contribution < 1.29 is 9.53 Å². The zero-order valence-electron chi connectivity index (χ0n) is 16.7. The summed E-state index contributed by atoms with van der Waals surface area (Å²) in [5.74, 6) is 0.823. The van der Waals surface area contributed by atoms with Crippen molar-refractivity contribution in [3.63, 3.8) is 0 Å². The number of piperazine rings is 1. The molecule has 0 aromatic heterocycles. The van der Waals surface area contributed by atoms with Gasteiger partial charge >= 0.3 is 6.03 Å². The molecule has 150 valence electrons. The van der Waals surface area contributed by atoms with Crippen molar-refractivity contribution in [2.24, 2.45) is 0 Å². The Morgan fingerprint density at radius 3 is 2.43 bits per heavy atom. The van der Waals surface area contributed by atoms with Crippen molar-refractivity contribution in [3.05, 3.63) is 59.1 Å². The molecule has 28 heavy (non-hydrogen) atoms. The largest absolute Gasteiger partial charge is 0.491 e. The Balaban J connectivity index is 1.54. The predicted molar refractivity (Wildman–Crippen MR) is 114 cm³/mol. The summed E-state index contributed by atoms with van der Waals surface area (Å²) >= 11 is 6.09. The van der Waals surface area contributed by atoms with E-state index >= 15 is 0 Å². The van der Waals surface area contributed by atoms with Crippen molar-refractivity contribution in [3.8, 4) is 5.75 Å². The SMILES string of the molecule is CC(C)Oc1cccc(C(C)NC(=O)N2CCN(c3cccc(Cl)c3)CC2)c1. The van der Waals surface area contributed by atoms with E-state index in [1.54, 1.807) is 0 Å². The molecule has 0 saturated carbocycles. The molecule has 0 bridgehead atoms. The molecule has 1 aliphatic heterocycles. The van der Waals surface area contributed by atoms with Crippen molar-refractivity contribution in [1.29, 1.82) is 0 Å². The molecule has 1 unspecified atom stereocenters. The van der Waals surface area contributed by atoms with Crippen molar-refractivity contribution in [2.75, 3.05) is 31.1 Å². The van der Waals surface area contributed by atoms with E-state index in [4.69, 9.17) is 16.3 Å². The molecule has 2 aromatic carbocycles. The third-order valence-corrected chi connectivity index (χ3v) is 5.05. The summed E-state index contributed by atoms with van der Waals surface area (Å²) in [5, 5.41) is 3.83. The first-order valence-corrected chi connectivity index (χ1v) is 10.1. The molecule has 5 nitrogen and oxygen atoms in total. The average molecular weight is 402 g/mol. The summed E-state index contributed by atoms with van der Waals surface area (Å²) in [4.78, 5) is 16.8. The Labute approximate surface area is 172 Å². The maximum atomic E-state index is 12.7. The zero-order valence-corrected chi connectivity index (χ0v) is 17.4. The highest BCUT2D eigenvalue weighted by Gasteiger charge is 2.22. The molecular formula is C22H28ClN3O2. The summed E-state index contributed by atoms with van der Waals surface area (Å²) in [6.45, 7) is 8.94. The molecule has 1 aliphatic rings. The van der Waals surface area contributed by atoms with Gasteiger partial charge in [-0.05, 0) is 56.7 Å². The highest BCUT2D eigenvalue weighted by atomic mass is 35.5. The molecule has 1 N–H and O–H groups in total. The maximum Gasteiger partial charge on any atom is 0.317 e. The van der Waals surface area contributed by atoms with Crippen LogP contribution in [0, 0.1) is 0 Å². The number of carbonyl (C=O) groups is 1. The lowest BCUT2D eigenvalue weighted by molar-refractivity contribution is 0.191. The van der Waals surface area contributed by atoms with Gasteiger partial charge in [-0.25, -0.2) is 4.79 Å². The predicted octanol–water partition coefficient (Wildman–Crippen LogP) is 4.72. The minimum Gasteiger partial charge on any atom is -0.491 e. The molecule has 1 fully saturated rings. The van der Waals surface area contributed by atoms with Crippen LogP contribution in [0.15, 0.2) is 48.5 Å². The van der Waals surface area contributed by atoms with Gasteiger partial charge in [-0.2, -0.15) is 0 Å². The molecule has 2 amide bonds. The van der Waals surface area contributed by atoms with E-state index < -0.39 is 0 Å². The van der Waals surface area contributed by atoms with Crippen molar-refractivity contribution in [1.82, 2.24) is 10.2 Å². The number of anilines is 1. The summed E-state index contributed by atoms with van der Waals surface area (Å²) in [6, 6.07) is 15.6. The van der Waals surface area contributed by atoms with Crippen LogP contribution in [-0.4, -0.2) is 43.2 Å². The van der Waals surface area contributed by atoms with Crippen LogP contribution in [0.1, 0.15) is 32.4 Å². The number of ether oxygens (including phenoxy) is 1. The van der Waals surface area contributed by atoms with E-state index in [2.05, 4.69) is 16.3 Å². The van der Waals surface area contributed by atoms with E-state index in [1.807, 2.05) is 68.1 Å². The van der Waals surface area contributed by atoms with Crippen molar-refractivity contribution >= 4 is 23.3 Å². The first kappa shape index (κ1) is 20.3. The highest BCUT2D eigenvalue weighted by Crippen LogP contribution is 2.22. The van der Waals surface area contributed by atoms with Crippen LogP contribution >= 0.6 is 11.6 Å². The average Bonchev–Trinajstić information content (AvgIpc) is 2.68. The van der Waals surface area contributed by atoms with Crippen LogP contribution < -0.4 is 15.0 Å². The lowest BCUT2D eigenvalue weighted by Gasteiger charge is -2.36. The molecule has 1 heterocycles. The fourth-order valence-corrected chi connectivity index (χ4v) is 3.51. The van der Waals surface area contributed by atoms with Crippen LogP contribution in [0.2, 0.25) is 5.02 Å². The first-order valence-electron chi connectivity index (χ1n) is 9.75. The third-order valence-electron chi connectivity index (χ3n) is 4.81. The first-order chi connectivity index (χ1) is 13.4. The molecule has 0 aliphatic carbocycles. The number of hydrogen-bond acceptors (Lipinski definition) is 3. The van der Waals surface area contributed by atoms with Gasteiger partial charge < -0.3 is 19.9 Å². The summed E-state index contributed by atoms with van der Waals surface area (Å²) in [5.41, 5.74) is 2.13. The zero-order chi connectivity index (χ0) is 20.1. The Bertz CT molecular complexity index is 804. The van der Waals surface area contributed by atoms with Crippen LogP contribution in [-0.2, 0) is 0 Å². The van der Waals surface area contributed by atoms with Crippen molar-refractivity contribution in [2.45, 2.75) is 32.9 Å². The fourth-order valence-electron chi connectivity index (χ4n) is 3.33. The standard InChI is InChI=1S/C22H28ClN3O2/c1-16(2)28-21-9-4-6-18(14-21)17(3)24-22(27)26-12-10-25(11-13-26)20-8-5-7-19(23)15-20/h4-9,14-17H,10-13H2,1-3H3,(H,24,27). The van der Waals surface area contributed by atoms with Gasteiger partial charge in [0.05, 0.1) is 12.1 Å². The van der Waals surface area contributed by atoms with Gasteiger partial charge in [-0.1, -0.05) is 29.8 Å². The number of nitrogens with one attached hydrogen (secondary N) is 1. The molecule has 2 aromatic rings. The summed E-state index contributed by atoms with van der Waals surface area (Å²) < 4.78 is 5.75. The second-order valence-corrected chi connectivity index (χ2v) is 7.80. The van der Waals surface area contributed by atoms with Crippen LogP contribution in [0.4, 0.5) is 10.5 Å². The molecule has 1 saturated heterocycles. The molecule has 0 radical (unpaired) electrons. The maximum absolute atomic E-state index is 12.7. The van der Waals surface area contributed by atoms with Gasteiger partial charge in [0.25, 0.3) is 0 Å². The number of halogens is 1. The van der Waals surface area contributed by atoms with Gasteiger partial charge in [-0.3, -0.25) is 0 Å². The van der Waals surface area contributed by atoms with Gasteiger partial charge in [0.1, 0.15) is 5.75 Å². The number of hydrogen-bond donors (Lipinski definition) is 1. The number of urea groups is 1. The minimum absolute atomic E-state index is 0.0339. The highest BCUT2D eigenvalue weighted by molar-refractivity contribution is 6.30. The van der Waals surface area contributed by atoms with Crippen LogP contribution in [0.3, 0.4) is 0 Å². The van der Waals surface area contributed by atoms with E-state index in [1.165, 1.54) is 0 Å². The van der Waals surface area contributed by atoms with Crippen LogP contribution in [0.5, 0.6) is 5.75 Å². The number of nitrogens with zero attached hydrogens (tertiary/aromatic N) is 2. The monoisotopic (exact) mass is 401 g/mol. The summed E-state index contributed by atoms with van der Waals surface area (Å²) in [7, 11) is 0. The number of amides is 2. The lowest BCUT2D eigenvalue weighted by Crippen LogP contribution is -2.52. The van der Waals surface area contributed by atoms with E-state index in [0.29, 0.717) is 13.1 Å². The molecule has 0 spiro atoms. The number of benzene rings is 2. The quantitative estimate of drug-likeness (QED) is 0.788. The number of carbonyl (C=O) groups excluding carboxylic acids is 1. The number of rotatable bonds is 5. The van der Waals surface area contributed by atoms with Gasteiger partial charge in [0.2, 0.25) is 0 Å². The molecule has 6 heteroatoms. The molecule has 3 rings (SSSR count). The topological polar surface area (TPSA) is 44.8 Å². The Kier molecular flexibility index (Phi) is 6.68. The second kappa shape index (κ2) is 9.20. The second-order valence-electron chi connectivity index (χ2n) is 7.36. The van der Waals surface area contributed by atoms with E-state index in [9.17, 15) is 4.79 Å². The lowest BCUT2D eigenvalue weighted by atomic mass is 10.1. The van der Waals surface area contributed by atoms with E-state index in [-0.39, 0.29) is 18.2 Å². The Morgan fingerprint density at radius 1 is 1.04 bits per heavy atom. The third kappa shape index (κ3) is 5.32. The normalized spacial score (nSPS) is 15.5. The van der Waals surface area contributed by atoms with Crippen LogP contribution in [0.25, 0.3) is 0 Å². The molecular weight excluding hydrogens is 374 g/mol. The fraction of sp³-hybridized carbons (Fsp3) is 0.409.